The van der Waals surface area contributed by atoms with Crippen LogP contribution in [0.25, 0.3) is 0 Å². The number of carbonyl (C=O) groups is 1. The Morgan fingerprint density at radius 3 is 2.74 bits per heavy atom. The fourth-order valence-corrected chi connectivity index (χ4v) is 3.30. The van der Waals surface area contributed by atoms with Gasteiger partial charge in [-0.3, -0.25) is 9.69 Å². The van der Waals surface area contributed by atoms with E-state index in [1.54, 1.807) is 0 Å². The summed E-state index contributed by atoms with van der Waals surface area (Å²) in [5.74, 6) is 0. The van der Waals surface area contributed by atoms with Gasteiger partial charge in [-0.2, -0.15) is 0 Å². The summed E-state index contributed by atoms with van der Waals surface area (Å²) >= 11 is 0. The van der Waals surface area contributed by atoms with Gasteiger partial charge in [0.25, 0.3) is 0 Å². The van der Waals surface area contributed by atoms with E-state index in [9.17, 15) is 4.79 Å². The average molecular weight is 259 g/mol. The Balaban J connectivity index is 1.90. The summed E-state index contributed by atoms with van der Waals surface area (Å²) in [6.45, 7) is 2.99. The molecule has 0 saturated carbocycles. The summed E-state index contributed by atoms with van der Waals surface area (Å²) in [5, 5.41) is 3.39. The Morgan fingerprint density at radius 2 is 2.00 bits per heavy atom. The second kappa shape index (κ2) is 5.31. The molecule has 0 radical (unpaired) electrons. The van der Waals surface area contributed by atoms with Crippen LogP contribution in [0.15, 0.2) is 24.3 Å². The van der Waals surface area contributed by atoms with Gasteiger partial charge >= 0.3 is 0 Å². The number of fused-ring (bicyclic) bond motifs is 1. The van der Waals surface area contributed by atoms with Gasteiger partial charge in [0.2, 0.25) is 0 Å². The van der Waals surface area contributed by atoms with Crippen molar-refractivity contribution in [3.05, 3.63) is 29.8 Å². The number of aldehydes is 1. The number of nitrogens with one attached hydrogen (secondary N) is 1. The van der Waals surface area contributed by atoms with E-state index in [4.69, 9.17) is 0 Å². The highest BCUT2D eigenvalue weighted by atomic mass is 16.1. The van der Waals surface area contributed by atoms with E-state index in [0.717, 1.165) is 38.8 Å². The molecule has 1 N–H and O–H groups in total. The molecule has 2 aliphatic rings. The second-order valence-corrected chi connectivity index (χ2v) is 5.44. The van der Waals surface area contributed by atoms with Crippen LogP contribution in [0, 0.1) is 0 Å². The minimum Gasteiger partial charge on any atom is -0.352 e. The first-order valence-electron chi connectivity index (χ1n) is 7.04. The number of likely N-dealkylation sites (N-methyl/N-ethyl adjacent to an activating group) is 1. The van der Waals surface area contributed by atoms with Crippen LogP contribution in [0.1, 0.15) is 18.4 Å². The van der Waals surface area contributed by atoms with Gasteiger partial charge in [0.15, 0.2) is 6.29 Å². The molecule has 4 heteroatoms. The quantitative estimate of drug-likeness (QED) is 0.810. The first kappa shape index (κ1) is 12.6. The lowest BCUT2D eigenvalue weighted by Gasteiger charge is -2.46. The molecule has 1 atom stereocenters. The molecule has 2 aliphatic heterocycles. The van der Waals surface area contributed by atoms with Crippen molar-refractivity contribution in [1.82, 2.24) is 10.2 Å². The fraction of sp³-hybridized carbons (Fsp3) is 0.533. The van der Waals surface area contributed by atoms with Crippen LogP contribution in [-0.4, -0.2) is 43.5 Å². The third-order valence-corrected chi connectivity index (χ3v) is 4.36. The monoisotopic (exact) mass is 259 g/mol. The third-order valence-electron chi connectivity index (χ3n) is 4.36. The molecule has 0 spiro atoms. The van der Waals surface area contributed by atoms with Gasteiger partial charge < -0.3 is 10.2 Å². The van der Waals surface area contributed by atoms with Gasteiger partial charge in [-0.15, -0.1) is 0 Å². The number of para-hydroxylation sites is 1. The molecule has 1 fully saturated rings. The maximum absolute atomic E-state index is 11.5. The molecule has 0 aliphatic carbocycles. The van der Waals surface area contributed by atoms with Crippen molar-refractivity contribution in [3.8, 4) is 0 Å². The summed E-state index contributed by atoms with van der Waals surface area (Å²) < 4.78 is 0. The van der Waals surface area contributed by atoms with Crippen molar-refractivity contribution in [1.29, 1.82) is 0 Å². The smallest absolute Gasteiger partial charge is 0.157 e. The van der Waals surface area contributed by atoms with Crippen molar-refractivity contribution < 1.29 is 4.79 Å². The molecule has 1 unspecified atom stereocenters. The third kappa shape index (κ3) is 2.26. The van der Waals surface area contributed by atoms with Crippen molar-refractivity contribution in [2.45, 2.75) is 31.6 Å². The number of nitrogens with zero attached hydrogens (tertiary/aromatic N) is 2. The molecule has 1 saturated heterocycles. The van der Waals surface area contributed by atoms with E-state index in [1.807, 2.05) is 13.1 Å². The minimum atomic E-state index is -0.127. The predicted molar refractivity (Wildman–Crippen MR) is 76.1 cm³/mol. The Hall–Kier alpha value is -1.39. The molecule has 0 bridgehead atoms. The minimum absolute atomic E-state index is 0.127. The first-order chi connectivity index (χ1) is 9.31. The highest BCUT2D eigenvalue weighted by Crippen LogP contribution is 2.31. The zero-order chi connectivity index (χ0) is 13.2. The van der Waals surface area contributed by atoms with Crippen LogP contribution in [-0.2, 0) is 11.3 Å². The molecule has 4 nitrogen and oxygen atoms in total. The van der Waals surface area contributed by atoms with Gasteiger partial charge in [-0.05, 0) is 37.6 Å². The van der Waals surface area contributed by atoms with Crippen LogP contribution in [0.3, 0.4) is 0 Å². The maximum Gasteiger partial charge on any atom is 0.157 e. The molecule has 0 amide bonds. The van der Waals surface area contributed by atoms with Crippen LogP contribution < -0.4 is 10.2 Å². The van der Waals surface area contributed by atoms with E-state index >= 15 is 0 Å². The number of piperidine rings is 1. The summed E-state index contributed by atoms with van der Waals surface area (Å²) in [6, 6.07) is 8.89. The molecule has 102 valence electrons. The number of hydrogen-bond donors (Lipinski definition) is 1. The molecule has 1 aromatic rings. The molecule has 2 heterocycles. The highest BCUT2D eigenvalue weighted by Gasteiger charge is 2.34. The van der Waals surface area contributed by atoms with Gasteiger partial charge in [-0.25, -0.2) is 0 Å². The van der Waals surface area contributed by atoms with Crippen LogP contribution in [0.2, 0.25) is 0 Å². The summed E-state index contributed by atoms with van der Waals surface area (Å²) in [7, 11) is 2.02. The van der Waals surface area contributed by atoms with E-state index in [-0.39, 0.29) is 6.17 Å². The largest absolute Gasteiger partial charge is 0.352 e. The van der Waals surface area contributed by atoms with Crippen LogP contribution >= 0.6 is 0 Å². The predicted octanol–water partition coefficient (Wildman–Crippen LogP) is 1.22. The molecular formula is C15H21N3O. The number of rotatable bonds is 2. The summed E-state index contributed by atoms with van der Waals surface area (Å²) in [6.07, 6.45) is 3.21. The van der Waals surface area contributed by atoms with Gasteiger partial charge in [0, 0.05) is 25.3 Å². The SMILES string of the molecule is CN1c2ccccc2CN(C2CCNCC2)C1C=O. The van der Waals surface area contributed by atoms with Gasteiger partial charge in [-0.1, -0.05) is 18.2 Å². The number of benzene rings is 1. The first-order valence-corrected chi connectivity index (χ1v) is 7.04. The van der Waals surface area contributed by atoms with Gasteiger partial charge in [0.1, 0.15) is 6.17 Å². The maximum atomic E-state index is 11.5. The lowest BCUT2D eigenvalue weighted by atomic mass is 9.99. The van der Waals surface area contributed by atoms with Crippen molar-refractivity contribution in [3.63, 3.8) is 0 Å². The highest BCUT2D eigenvalue weighted by molar-refractivity contribution is 5.68. The molecule has 3 rings (SSSR count). The topological polar surface area (TPSA) is 35.6 Å². The van der Waals surface area contributed by atoms with Crippen molar-refractivity contribution >= 4 is 12.0 Å². The molecule has 1 aromatic carbocycles. The number of anilines is 1. The van der Waals surface area contributed by atoms with E-state index in [2.05, 4.69) is 33.3 Å². The molecular weight excluding hydrogens is 238 g/mol. The standard InChI is InChI=1S/C15H21N3O/c1-17-14-5-3-2-4-12(14)10-18(15(17)11-19)13-6-8-16-9-7-13/h2-5,11,13,15-16H,6-10H2,1H3. The Kier molecular flexibility index (Phi) is 3.53. The number of carbonyl (C=O) groups excluding carboxylic acids is 1. The lowest BCUT2D eigenvalue weighted by molar-refractivity contribution is -0.114. The molecule has 0 aromatic heterocycles. The fourth-order valence-electron chi connectivity index (χ4n) is 3.30. The van der Waals surface area contributed by atoms with Gasteiger partial charge in [0.05, 0.1) is 0 Å². The second-order valence-electron chi connectivity index (χ2n) is 5.44. The van der Waals surface area contributed by atoms with E-state index < -0.39 is 0 Å². The van der Waals surface area contributed by atoms with E-state index in [0.29, 0.717) is 6.04 Å². The Morgan fingerprint density at radius 1 is 1.26 bits per heavy atom. The average Bonchev–Trinajstić information content (AvgIpc) is 2.48. The summed E-state index contributed by atoms with van der Waals surface area (Å²) in [5.41, 5.74) is 2.51. The van der Waals surface area contributed by atoms with E-state index in [1.165, 1.54) is 11.3 Å². The van der Waals surface area contributed by atoms with Crippen molar-refractivity contribution in [2.24, 2.45) is 0 Å². The summed E-state index contributed by atoms with van der Waals surface area (Å²) in [4.78, 5) is 16.0. The zero-order valence-corrected chi connectivity index (χ0v) is 11.4. The van der Waals surface area contributed by atoms with Crippen LogP contribution in [0.4, 0.5) is 5.69 Å². The Labute approximate surface area is 114 Å². The number of hydrogen-bond acceptors (Lipinski definition) is 4. The van der Waals surface area contributed by atoms with Crippen LogP contribution in [0.5, 0.6) is 0 Å². The zero-order valence-electron chi connectivity index (χ0n) is 11.4. The molecule has 19 heavy (non-hydrogen) atoms. The lowest BCUT2D eigenvalue weighted by Crippen LogP contribution is -2.56. The Bertz CT molecular complexity index is 456. The van der Waals surface area contributed by atoms with Crippen molar-refractivity contribution in [2.75, 3.05) is 25.0 Å². The normalized spacial score (nSPS) is 25.1.